The van der Waals surface area contributed by atoms with Crippen molar-refractivity contribution in [2.24, 2.45) is 4.99 Å². The van der Waals surface area contributed by atoms with Crippen LogP contribution in [0.25, 0.3) is 6.08 Å². The van der Waals surface area contributed by atoms with Gasteiger partial charge in [-0.2, -0.15) is 0 Å². The molecule has 2 amide bonds. The summed E-state index contributed by atoms with van der Waals surface area (Å²) in [5.41, 5.74) is 2.82. The van der Waals surface area contributed by atoms with Gasteiger partial charge in [-0.1, -0.05) is 42.5 Å². The van der Waals surface area contributed by atoms with Gasteiger partial charge in [-0.15, -0.1) is 0 Å². The molecule has 0 bridgehead atoms. The summed E-state index contributed by atoms with van der Waals surface area (Å²) in [6, 6.07) is 17.7. The Hall–Kier alpha value is -4.66. The third kappa shape index (κ3) is 4.08. The van der Waals surface area contributed by atoms with Crippen LogP contribution in [0.3, 0.4) is 0 Å². The van der Waals surface area contributed by atoms with Gasteiger partial charge in [0.25, 0.3) is 11.6 Å². The highest BCUT2D eigenvalue weighted by molar-refractivity contribution is 6.21. The molecule has 0 aliphatic carbocycles. The number of carbonyl (C=O) groups excluding carboxylic acids is 2. The van der Waals surface area contributed by atoms with Gasteiger partial charge in [0.2, 0.25) is 12.1 Å². The monoisotopic (exact) mass is 470 g/mol. The molecule has 0 aromatic heterocycles. The van der Waals surface area contributed by atoms with Gasteiger partial charge >= 0.3 is 0 Å². The lowest BCUT2D eigenvalue weighted by Gasteiger charge is -2.20. The van der Waals surface area contributed by atoms with Crippen molar-refractivity contribution in [2.45, 2.75) is 12.6 Å². The zero-order valence-electron chi connectivity index (χ0n) is 18.3. The van der Waals surface area contributed by atoms with Crippen molar-refractivity contribution in [3.63, 3.8) is 0 Å². The van der Waals surface area contributed by atoms with E-state index in [0.29, 0.717) is 24.2 Å². The molecule has 9 heteroatoms. The number of nitrogens with one attached hydrogen (secondary N) is 1. The first-order valence-electron chi connectivity index (χ1n) is 10.9. The summed E-state index contributed by atoms with van der Waals surface area (Å²) in [6.07, 6.45) is 1.75. The number of para-hydroxylation sites is 2. The van der Waals surface area contributed by atoms with Gasteiger partial charge in [-0.3, -0.25) is 19.7 Å². The van der Waals surface area contributed by atoms with Crippen LogP contribution in [0.2, 0.25) is 0 Å². The molecule has 2 aliphatic rings. The largest absolute Gasteiger partial charge is 0.323 e. The number of aliphatic imine (C=N–C) groups is 1. The second kappa shape index (κ2) is 8.94. The summed E-state index contributed by atoms with van der Waals surface area (Å²) in [7, 11) is 0. The fourth-order valence-corrected chi connectivity index (χ4v) is 4.37. The van der Waals surface area contributed by atoms with Crippen molar-refractivity contribution in [1.29, 1.82) is 0 Å². The first kappa shape index (κ1) is 22.1. The number of halogens is 1. The Morgan fingerprint density at radius 1 is 1.09 bits per heavy atom. The van der Waals surface area contributed by atoms with E-state index in [2.05, 4.69) is 10.3 Å². The smallest absolute Gasteiger partial charge is 0.276 e. The van der Waals surface area contributed by atoms with E-state index in [1.807, 2.05) is 12.1 Å². The Kier molecular flexibility index (Phi) is 5.66. The molecular weight excluding hydrogens is 451 g/mol. The van der Waals surface area contributed by atoms with Gasteiger partial charge < -0.3 is 10.2 Å². The van der Waals surface area contributed by atoms with E-state index in [4.69, 9.17) is 0 Å². The molecule has 0 fully saturated rings. The number of nitro benzene ring substituents is 1. The number of carbonyl (C=O) groups is 2. The van der Waals surface area contributed by atoms with Crippen molar-refractivity contribution < 1.29 is 18.9 Å². The van der Waals surface area contributed by atoms with Crippen LogP contribution in [0, 0.1) is 15.9 Å². The third-order valence-corrected chi connectivity index (χ3v) is 5.96. The molecule has 3 aromatic rings. The minimum Gasteiger partial charge on any atom is -0.323 e. The molecule has 0 unspecified atom stereocenters. The summed E-state index contributed by atoms with van der Waals surface area (Å²) in [4.78, 5) is 42.9. The Labute approximate surface area is 199 Å². The van der Waals surface area contributed by atoms with Gasteiger partial charge in [0.1, 0.15) is 5.82 Å². The number of anilines is 1. The first-order chi connectivity index (χ1) is 16.9. The van der Waals surface area contributed by atoms with E-state index < -0.39 is 28.7 Å². The maximum absolute atomic E-state index is 14.8. The topological polar surface area (TPSA) is 105 Å². The number of rotatable bonds is 5. The molecule has 0 saturated heterocycles. The molecule has 0 spiro atoms. The van der Waals surface area contributed by atoms with Gasteiger partial charge in [-0.25, -0.2) is 9.38 Å². The molecule has 3 aromatic carbocycles. The van der Waals surface area contributed by atoms with Crippen molar-refractivity contribution >= 4 is 35.0 Å². The van der Waals surface area contributed by atoms with Crippen molar-refractivity contribution in [2.75, 3.05) is 11.4 Å². The summed E-state index contributed by atoms with van der Waals surface area (Å²) in [5, 5.41) is 13.8. The minimum atomic E-state index is -1.30. The van der Waals surface area contributed by atoms with Gasteiger partial charge in [0.15, 0.2) is 0 Å². The fraction of sp³-hybridized carbons (Fsp3) is 0.115. The summed E-state index contributed by atoms with van der Waals surface area (Å²) < 4.78 is 14.8. The molecule has 1 N–H and O–H groups in total. The van der Waals surface area contributed by atoms with E-state index in [1.54, 1.807) is 35.2 Å². The molecule has 8 nitrogen and oxygen atoms in total. The maximum Gasteiger partial charge on any atom is 0.276 e. The van der Waals surface area contributed by atoms with Gasteiger partial charge in [-0.05, 0) is 36.3 Å². The van der Waals surface area contributed by atoms with E-state index in [0.717, 1.165) is 11.6 Å². The molecule has 0 saturated carbocycles. The molecule has 2 heterocycles. The highest BCUT2D eigenvalue weighted by atomic mass is 19.1. The predicted octanol–water partition coefficient (Wildman–Crippen LogP) is 3.63. The van der Waals surface area contributed by atoms with Crippen LogP contribution >= 0.6 is 0 Å². The summed E-state index contributed by atoms with van der Waals surface area (Å²) in [5.74, 6) is -1.59. The predicted molar refractivity (Wildman–Crippen MR) is 129 cm³/mol. The van der Waals surface area contributed by atoms with Crippen LogP contribution in [-0.2, 0) is 16.0 Å². The second-order valence-corrected chi connectivity index (χ2v) is 8.07. The Balaban J connectivity index is 1.52. The maximum atomic E-state index is 14.8. The van der Waals surface area contributed by atoms with E-state index >= 15 is 0 Å². The minimum absolute atomic E-state index is 0.151. The number of nitro groups is 1. The summed E-state index contributed by atoms with van der Waals surface area (Å²) in [6.45, 7) is 0.420. The van der Waals surface area contributed by atoms with Crippen LogP contribution in [0.5, 0.6) is 0 Å². The quantitative estimate of drug-likeness (QED) is 0.349. The number of benzene rings is 3. The Morgan fingerprint density at radius 2 is 1.83 bits per heavy atom. The number of hydrogen-bond donors (Lipinski definition) is 1. The van der Waals surface area contributed by atoms with Crippen molar-refractivity contribution in [1.82, 2.24) is 5.32 Å². The lowest BCUT2D eigenvalue weighted by molar-refractivity contribution is -0.385. The number of hydrogen-bond acceptors (Lipinski definition) is 5. The number of nitrogens with zero attached hydrogens (tertiary/aromatic N) is 3. The lowest BCUT2D eigenvalue weighted by Crippen LogP contribution is -2.46. The standard InChI is InChI=1S/C26H19FN4O4/c27-20-10-3-2-8-18(20)23-19-9-5-7-17-14-15-30(24(17)19)26(33)25(29-23)28-22(32)13-12-16-6-1-4-11-21(16)31(34)35/h1-13,25H,14-15H2,(H,28,32)/t25-/m0/s1. The third-order valence-electron chi connectivity index (χ3n) is 5.96. The van der Waals surface area contributed by atoms with E-state index in [1.165, 1.54) is 30.3 Å². The molecule has 0 radical (unpaired) electrons. The van der Waals surface area contributed by atoms with Crippen LogP contribution < -0.4 is 10.2 Å². The highest BCUT2D eigenvalue weighted by Crippen LogP contribution is 2.36. The molecule has 2 aliphatic heterocycles. The second-order valence-electron chi connectivity index (χ2n) is 8.07. The molecular formula is C26H19FN4O4. The normalized spacial score (nSPS) is 16.6. The SMILES string of the molecule is O=C(C=Cc1ccccc1[N+](=O)[O-])N[C@H]1N=C(c2ccccc2F)c2cccc3c2N(CC3)C1=O. The van der Waals surface area contributed by atoms with Crippen LogP contribution in [-0.4, -0.2) is 35.2 Å². The Morgan fingerprint density at radius 3 is 2.63 bits per heavy atom. The lowest BCUT2D eigenvalue weighted by atomic mass is 9.98. The highest BCUT2D eigenvalue weighted by Gasteiger charge is 2.37. The molecule has 1 atom stereocenters. The molecule has 174 valence electrons. The van der Waals surface area contributed by atoms with Crippen molar-refractivity contribution in [3.05, 3.63) is 111 Å². The zero-order chi connectivity index (χ0) is 24.5. The van der Waals surface area contributed by atoms with Crippen LogP contribution in [0.15, 0.2) is 77.8 Å². The van der Waals surface area contributed by atoms with Crippen LogP contribution in [0.4, 0.5) is 15.8 Å². The average Bonchev–Trinajstić information content (AvgIpc) is 3.25. The number of amides is 2. The van der Waals surface area contributed by atoms with Crippen LogP contribution in [0.1, 0.15) is 22.3 Å². The summed E-state index contributed by atoms with van der Waals surface area (Å²) >= 11 is 0. The fourth-order valence-electron chi connectivity index (χ4n) is 4.37. The van der Waals surface area contributed by atoms with Gasteiger partial charge in [0, 0.05) is 29.8 Å². The zero-order valence-corrected chi connectivity index (χ0v) is 18.3. The van der Waals surface area contributed by atoms with Crippen molar-refractivity contribution in [3.8, 4) is 0 Å². The van der Waals surface area contributed by atoms with E-state index in [-0.39, 0.29) is 22.5 Å². The van der Waals surface area contributed by atoms with Gasteiger partial charge in [0.05, 0.1) is 21.9 Å². The first-order valence-corrected chi connectivity index (χ1v) is 10.9. The average molecular weight is 470 g/mol. The molecule has 35 heavy (non-hydrogen) atoms. The molecule has 5 rings (SSSR count). The van der Waals surface area contributed by atoms with E-state index in [9.17, 15) is 24.1 Å². The Bertz CT molecular complexity index is 1430.